The topological polar surface area (TPSA) is 67.3 Å². The van der Waals surface area contributed by atoms with Crippen molar-refractivity contribution >= 4 is 53.9 Å². The van der Waals surface area contributed by atoms with Gasteiger partial charge in [-0.1, -0.05) is 12.1 Å². The van der Waals surface area contributed by atoms with Crippen molar-refractivity contribution in [1.29, 1.82) is 0 Å². The van der Waals surface area contributed by atoms with Crippen molar-refractivity contribution in [1.82, 2.24) is 14.5 Å². The Morgan fingerprint density at radius 1 is 1.03 bits per heavy atom. The first-order chi connectivity index (χ1) is 14.0. The molecule has 2 heterocycles. The molecule has 1 aliphatic heterocycles. The Kier molecular flexibility index (Phi) is 8.88. The van der Waals surface area contributed by atoms with Gasteiger partial charge in [-0.3, -0.25) is 0 Å². The molecule has 0 amide bonds. The van der Waals surface area contributed by atoms with Gasteiger partial charge in [-0.2, -0.15) is 0 Å². The molecule has 8 heteroatoms. The van der Waals surface area contributed by atoms with Crippen molar-refractivity contribution in [2.24, 2.45) is 5.92 Å². The van der Waals surface area contributed by atoms with Gasteiger partial charge in [0.1, 0.15) is 5.82 Å². The molecule has 2 unspecified atom stereocenters. The maximum atomic E-state index is 11.0. The highest BCUT2D eigenvalue weighted by Crippen LogP contribution is 2.32. The Bertz CT molecular complexity index is 1070. The minimum Gasteiger partial charge on any atom is -0.399 e. The lowest BCUT2D eigenvalue weighted by atomic mass is 9.98. The van der Waals surface area contributed by atoms with Gasteiger partial charge in [0.2, 0.25) is 0 Å². The predicted molar refractivity (Wildman–Crippen MR) is 139 cm³/mol. The lowest BCUT2D eigenvalue weighted by Crippen LogP contribution is -2.46. The number of imidazole rings is 1. The van der Waals surface area contributed by atoms with Crippen LogP contribution >= 0.6 is 37.2 Å². The third-order valence-corrected chi connectivity index (χ3v) is 6.75. The standard InChI is InChI=1S/C24H30N4O.3ClH/c1-15-3-6-22-21(9-15)26-16(2)28(22)23-7-8-27(14-24(23)29)13-17-10-18-4-5-20(25)12-19(18)11-17;;;/h3-6,9,12,17,23-24,29H,7-8,10-11,13-14,25H2,1-2H3;3*1H/t17?,23?,24-;;;/m0.../s1. The summed E-state index contributed by atoms with van der Waals surface area (Å²) in [7, 11) is 0. The number of likely N-dealkylation sites (tertiary alicyclic amines) is 1. The quantitative estimate of drug-likeness (QED) is 0.520. The fourth-order valence-electron chi connectivity index (χ4n) is 5.42. The number of β-amino-alcohol motifs (C(OH)–C–C–N with tert-alkyl or cyclic N) is 1. The molecule has 0 bridgehead atoms. The van der Waals surface area contributed by atoms with Crippen molar-refractivity contribution in [2.75, 3.05) is 25.4 Å². The molecule has 3 atom stereocenters. The van der Waals surface area contributed by atoms with E-state index in [0.29, 0.717) is 5.92 Å². The summed E-state index contributed by atoms with van der Waals surface area (Å²) in [5.74, 6) is 1.61. The molecule has 0 saturated carbocycles. The molecule has 1 fully saturated rings. The van der Waals surface area contributed by atoms with E-state index < -0.39 is 0 Å². The van der Waals surface area contributed by atoms with Gasteiger partial charge in [0.25, 0.3) is 0 Å². The summed E-state index contributed by atoms with van der Waals surface area (Å²) >= 11 is 0. The van der Waals surface area contributed by atoms with Crippen LogP contribution in [0.3, 0.4) is 0 Å². The van der Waals surface area contributed by atoms with E-state index >= 15 is 0 Å². The summed E-state index contributed by atoms with van der Waals surface area (Å²) in [5, 5.41) is 11.0. The second-order valence-corrected chi connectivity index (χ2v) is 9.01. The number of hydrogen-bond acceptors (Lipinski definition) is 4. The monoisotopic (exact) mass is 498 g/mol. The normalized spacial score (nSPS) is 22.5. The molecule has 0 spiro atoms. The Morgan fingerprint density at radius 3 is 2.53 bits per heavy atom. The van der Waals surface area contributed by atoms with E-state index in [9.17, 15) is 5.11 Å². The molecule has 5 rings (SSSR count). The molecular formula is C24H33Cl3N4O. The van der Waals surface area contributed by atoms with Crippen molar-refractivity contribution in [3.63, 3.8) is 0 Å². The molecule has 0 radical (unpaired) electrons. The van der Waals surface area contributed by atoms with Crippen LogP contribution in [0.2, 0.25) is 0 Å². The number of aliphatic hydroxyl groups excluding tert-OH is 1. The first-order valence-corrected chi connectivity index (χ1v) is 10.7. The van der Waals surface area contributed by atoms with E-state index in [1.54, 1.807) is 0 Å². The van der Waals surface area contributed by atoms with Crippen molar-refractivity contribution in [2.45, 2.75) is 45.3 Å². The average Bonchev–Trinajstić information content (AvgIpc) is 3.20. The van der Waals surface area contributed by atoms with Crippen molar-refractivity contribution < 1.29 is 5.11 Å². The van der Waals surface area contributed by atoms with Gasteiger partial charge in [0.05, 0.1) is 23.2 Å². The highest BCUT2D eigenvalue weighted by molar-refractivity contribution is 5.86. The number of aromatic nitrogens is 2. The van der Waals surface area contributed by atoms with Crippen LogP contribution < -0.4 is 5.73 Å². The Balaban J connectivity index is 0.00000121. The zero-order chi connectivity index (χ0) is 20.1. The summed E-state index contributed by atoms with van der Waals surface area (Å²) in [6.45, 7) is 6.93. The molecule has 3 aromatic rings. The van der Waals surface area contributed by atoms with Crippen molar-refractivity contribution in [3.05, 3.63) is 58.9 Å². The van der Waals surface area contributed by atoms with Crippen LogP contribution in [0.5, 0.6) is 0 Å². The van der Waals surface area contributed by atoms with E-state index in [4.69, 9.17) is 10.7 Å². The number of halogens is 3. The maximum Gasteiger partial charge on any atom is 0.107 e. The van der Waals surface area contributed by atoms with Crippen LogP contribution in [0.4, 0.5) is 5.69 Å². The molecule has 5 nitrogen and oxygen atoms in total. The highest BCUT2D eigenvalue weighted by Gasteiger charge is 2.33. The average molecular weight is 500 g/mol. The minimum atomic E-state index is -0.374. The summed E-state index contributed by atoms with van der Waals surface area (Å²) in [5.41, 5.74) is 13.0. The first kappa shape index (κ1) is 26.7. The Hall–Kier alpha value is -1.50. The number of fused-ring (bicyclic) bond motifs is 2. The number of benzene rings is 2. The number of aliphatic hydroxyl groups is 1. The molecule has 2 aliphatic rings. The number of nitrogens with zero attached hydrogens (tertiary/aromatic N) is 3. The SMILES string of the molecule is Cc1ccc2c(c1)nc(C)n2C1CCN(CC2Cc3ccc(N)cc3C2)C[C@@H]1O.Cl.Cl.Cl. The van der Waals surface area contributed by atoms with Crippen LogP contribution in [0.1, 0.15) is 35.0 Å². The number of hydrogen-bond donors (Lipinski definition) is 2. The first-order valence-electron chi connectivity index (χ1n) is 10.7. The van der Waals surface area contributed by atoms with E-state index in [-0.39, 0.29) is 49.4 Å². The van der Waals surface area contributed by atoms with Gasteiger partial charge in [-0.25, -0.2) is 4.98 Å². The third-order valence-electron chi connectivity index (χ3n) is 6.75. The number of nitrogen functional groups attached to an aromatic ring is 1. The van der Waals surface area contributed by atoms with E-state index in [1.807, 2.05) is 6.07 Å². The Morgan fingerprint density at radius 2 is 1.78 bits per heavy atom. The molecule has 176 valence electrons. The lowest BCUT2D eigenvalue weighted by molar-refractivity contribution is 0.0223. The number of anilines is 1. The second kappa shape index (κ2) is 10.6. The van der Waals surface area contributed by atoms with Gasteiger partial charge in [-0.15, -0.1) is 37.2 Å². The maximum absolute atomic E-state index is 11.0. The molecule has 1 aliphatic carbocycles. The molecule has 2 aromatic carbocycles. The second-order valence-electron chi connectivity index (χ2n) is 9.01. The summed E-state index contributed by atoms with van der Waals surface area (Å²) in [4.78, 5) is 7.19. The smallest absolute Gasteiger partial charge is 0.107 e. The molecule has 32 heavy (non-hydrogen) atoms. The van der Waals surface area contributed by atoms with Gasteiger partial charge < -0.3 is 20.3 Å². The highest BCUT2D eigenvalue weighted by atomic mass is 35.5. The van der Waals surface area contributed by atoms with Gasteiger partial charge in [0.15, 0.2) is 0 Å². The van der Waals surface area contributed by atoms with Crippen LogP contribution in [-0.4, -0.2) is 45.3 Å². The lowest BCUT2D eigenvalue weighted by Gasteiger charge is -2.38. The molecular weight excluding hydrogens is 467 g/mol. The minimum absolute atomic E-state index is 0. The van der Waals surface area contributed by atoms with Gasteiger partial charge >= 0.3 is 0 Å². The largest absolute Gasteiger partial charge is 0.399 e. The fourth-order valence-corrected chi connectivity index (χ4v) is 5.42. The van der Waals surface area contributed by atoms with Gasteiger partial charge in [-0.05, 0) is 80.0 Å². The predicted octanol–water partition coefficient (Wildman–Crippen LogP) is 4.52. The zero-order valence-corrected chi connectivity index (χ0v) is 21.0. The number of piperidine rings is 1. The van der Waals surface area contributed by atoms with Crippen LogP contribution in [0.15, 0.2) is 36.4 Å². The van der Waals surface area contributed by atoms with E-state index in [0.717, 1.165) is 61.4 Å². The molecule has 3 N–H and O–H groups in total. The van der Waals surface area contributed by atoms with Crippen LogP contribution in [-0.2, 0) is 12.8 Å². The Labute approximate surface area is 208 Å². The number of aryl methyl sites for hydroxylation is 2. The number of nitrogens with two attached hydrogens (primary N) is 1. The summed E-state index contributed by atoms with van der Waals surface area (Å²) in [6, 6.07) is 12.8. The van der Waals surface area contributed by atoms with E-state index in [2.05, 4.69) is 53.6 Å². The summed E-state index contributed by atoms with van der Waals surface area (Å²) < 4.78 is 2.25. The van der Waals surface area contributed by atoms with E-state index in [1.165, 1.54) is 16.7 Å². The van der Waals surface area contributed by atoms with Crippen LogP contribution in [0.25, 0.3) is 11.0 Å². The summed E-state index contributed by atoms with van der Waals surface area (Å²) in [6.07, 6.45) is 2.80. The van der Waals surface area contributed by atoms with Gasteiger partial charge in [0, 0.05) is 25.3 Å². The third kappa shape index (κ3) is 5.02. The zero-order valence-electron chi connectivity index (χ0n) is 18.5. The van der Waals surface area contributed by atoms with Crippen LogP contribution in [0, 0.1) is 19.8 Å². The number of rotatable bonds is 3. The molecule has 1 aromatic heterocycles. The molecule has 1 saturated heterocycles. The van der Waals surface area contributed by atoms with Crippen molar-refractivity contribution in [3.8, 4) is 0 Å². The fraction of sp³-hybridized carbons (Fsp3) is 0.458.